The number of urea groups is 1. The molecule has 2 heterocycles. The highest BCUT2D eigenvalue weighted by Crippen LogP contribution is 2.09. The van der Waals surface area contributed by atoms with Crippen LogP contribution in [0, 0.1) is 0 Å². The zero-order valence-electron chi connectivity index (χ0n) is 13.8. The van der Waals surface area contributed by atoms with Crippen LogP contribution in [0.15, 0.2) is 48.8 Å². The Morgan fingerprint density at radius 3 is 2.32 bits per heavy atom. The van der Waals surface area contributed by atoms with E-state index in [1.54, 1.807) is 35.5 Å². The van der Waals surface area contributed by atoms with Gasteiger partial charge in [0, 0.05) is 44.3 Å². The number of benzene rings is 1. The molecule has 8 heteroatoms. The van der Waals surface area contributed by atoms with Gasteiger partial charge >= 0.3 is 6.03 Å². The van der Waals surface area contributed by atoms with Crippen LogP contribution in [0.25, 0.3) is 0 Å². The molecule has 0 radical (unpaired) electrons. The Balaban J connectivity index is 1.41. The summed E-state index contributed by atoms with van der Waals surface area (Å²) in [6.45, 7) is 2.48. The highest BCUT2D eigenvalue weighted by molar-refractivity contribution is 5.92. The van der Waals surface area contributed by atoms with Crippen LogP contribution in [0.1, 0.15) is 0 Å². The highest BCUT2D eigenvalue weighted by Gasteiger charge is 2.22. The molecule has 8 nitrogen and oxygen atoms in total. The number of para-hydroxylation sites is 1. The van der Waals surface area contributed by atoms with E-state index in [2.05, 4.69) is 20.6 Å². The third kappa shape index (κ3) is 4.66. The van der Waals surface area contributed by atoms with E-state index in [1.165, 1.54) is 0 Å². The summed E-state index contributed by atoms with van der Waals surface area (Å²) in [6, 6.07) is 10.5. The summed E-state index contributed by atoms with van der Waals surface area (Å²) < 4.78 is 0. The van der Waals surface area contributed by atoms with Gasteiger partial charge in [-0.15, -0.1) is 0 Å². The number of aromatic nitrogens is 2. The van der Waals surface area contributed by atoms with Gasteiger partial charge in [0.05, 0.1) is 6.54 Å². The molecule has 1 fully saturated rings. The van der Waals surface area contributed by atoms with E-state index in [0.717, 1.165) is 0 Å². The third-order valence-corrected chi connectivity index (χ3v) is 3.90. The van der Waals surface area contributed by atoms with E-state index in [4.69, 9.17) is 0 Å². The molecule has 2 N–H and O–H groups in total. The van der Waals surface area contributed by atoms with Crippen LogP contribution in [-0.4, -0.2) is 59.5 Å². The number of nitrogens with one attached hydrogen (secondary N) is 2. The average Bonchev–Trinajstić information content (AvgIpc) is 2.68. The van der Waals surface area contributed by atoms with E-state index < -0.39 is 6.03 Å². The fourth-order valence-corrected chi connectivity index (χ4v) is 2.57. The summed E-state index contributed by atoms with van der Waals surface area (Å²) in [4.78, 5) is 36.3. The van der Waals surface area contributed by atoms with Crippen molar-refractivity contribution in [2.75, 3.05) is 42.9 Å². The first-order valence-electron chi connectivity index (χ1n) is 8.12. The van der Waals surface area contributed by atoms with E-state index in [-0.39, 0.29) is 12.5 Å². The number of nitrogens with zero attached hydrogens (tertiary/aromatic N) is 4. The molecule has 1 aromatic heterocycles. The lowest BCUT2D eigenvalue weighted by Gasteiger charge is -2.34. The van der Waals surface area contributed by atoms with Gasteiger partial charge in [0.25, 0.3) is 0 Å². The molecule has 0 aliphatic carbocycles. The lowest BCUT2D eigenvalue weighted by molar-refractivity contribution is -0.130. The second-order valence-corrected chi connectivity index (χ2v) is 5.59. The summed E-state index contributed by atoms with van der Waals surface area (Å²) in [5.74, 6) is 0.576. The van der Waals surface area contributed by atoms with Gasteiger partial charge in [0.1, 0.15) is 0 Å². The normalized spacial score (nSPS) is 14.1. The first-order valence-corrected chi connectivity index (χ1v) is 8.12. The lowest BCUT2D eigenvalue weighted by atomic mass is 10.3. The van der Waals surface area contributed by atoms with E-state index in [1.807, 2.05) is 23.1 Å². The van der Waals surface area contributed by atoms with Crippen LogP contribution in [0.2, 0.25) is 0 Å². The predicted molar refractivity (Wildman–Crippen MR) is 94.3 cm³/mol. The van der Waals surface area contributed by atoms with E-state index in [0.29, 0.717) is 37.8 Å². The number of anilines is 2. The topological polar surface area (TPSA) is 90.5 Å². The molecular weight excluding hydrogens is 320 g/mol. The smallest absolute Gasteiger partial charge is 0.319 e. The zero-order valence-corrected chi connectivity index (χ0v) is 13.8. The van der Waals surface area contributed by atoms with Gasteiger partial charge in [-0.3, -0.25) is 4.79 Å². The fourth-order valence-electron chi connectivity index (χ4n) is 2.57. The fraction of sp³-hybridized carbons (Fsp3) is 0.294. The number of carbonyl (C=O) groups is 2. The Hall–Kier alpha value is -3.16. The minimum absolute atomic E-state index is 0.0273. The van der Waals surface area contributed by atoms with Crippen LogP contribution in [0.3, 0.4) is 0 Å². The molecule has 25 heavy (non-hydrogen) atoms. The van der Waals surface area contributed by atoms with Crippen molar-refractivity contribution >= 4 is 23.6 Å². The monoisotopic (exact) mass is 340 g/mol. The van der Waals surface area contributed by atoms with Crippen LogP contribution < -0.4 is 15.5 Å². The van der Waals surface area contributed by atoms with Crippen molar-refractivity contribution in [2.45, 2.75) is 0 Å². The molecule has 0 saturated carbocycles. The van der Waals surface area contributed by atoms with Crippen molar-refractivity contribution in [3.63, 3.8) is 0 Å². The number of hydrogen-bond acceptors (Lipinski definition) is 5. The van der Waals surface area contributed by atoms with Crippen LogP contribution >= 0.6 is 0 Å². The number of amides is 3. The molecule has 1 saturated heterocycles. The maximum absolute atomic E-state index is 12.2. The first kappa shape index (κ1) is 16.7. The Labute approximate surface area is 145 Å². The number of carbonyl (C=O) groups excluding carboxylic acids is 2. The van der Waals surface area contributed by atoms with Crippen molar-refractivity contribution in [1.82, 2.24) is 20.2 Å². The molecule has 0 spiro atoms. The molecule has 3 amide bonds. The van der Waals surface area contributed by atoms with E-state index in [9.17, 15) is 9.59 Å². The minimum atomic E-state index is -0.393. The van der Waals surface area contributed by atoms with Gasteiger partial charge in [-0.1, -0.05) is 18.2 Å². The van der Waals surface area contributed by atoms with E-state index >= 15 is 0 Å². The van der Waals surface area contributed by atoms with Gasteiger partial charge in [-0.05, 0) is 18.2 Å². The Morgan fingerprint density at radius 2 is 1.64 bits per heavy atom. The van der Waals surface area contributed by atoms with Gasteiger partial charge in [-0.25, -0.2) is 14.8 Å². The molecule has 0 atom stereocenters. The standard InChI is InChI=1S/C17H20N6O2/c24-15(13-20-17(25)21-14-5-2-1-3-6-14)22-9-11-23(12-10-22)16-18-7-4-8-19-16/h1-8H,9-13H2,(H2,20,21,25). The molecule has 130 valence electrons. The molecule has 0 bridgehead atoms. The number of hydrogen-bond donors (Lipinski definition) is 2. The van der Waals surface area contributed by atoms with Gasteiger partial charge in [0.2, 0.25) is 11.9 Å². The molecule has 2 aromatic rings. The van der Waals surface area contributed by atoms with Crippen molar-refractivity contribution in [2.24, 2.45) is 0 Å². The predicted octanol–water partition coefficient (Wildman–Crippen LogP) is 0.947. The van der Waals surface area contributed by atoms with Gasteiger partial charge in [-0.2, -0.15) is 0 Å². The summed E-state index contributed by atoms with van der Waals surface area (Å²) >= 11 is 0. The quantitative estimate of drug-likeness (QED) is 0.865. The molecule has 1 aliphatic rings. The Bertz CT molecular complexity index is 702. The molecular formula is C17H20N6O2. The van der Waals surface area contributed by atoms with Crippen LogP contribution in [-0.2, 0) is 4.79 Å². The highest BCUT2D eigenvalue weighted by atomic mass is 16.2. The number of rotatable bonds is 4. The summed E-state index contributed by atoms with van der Waals surface area (Å²) in [7, 11) is 0. The minimum Gasteiger partial charge on any atom is -0.338 e. The van der Waals surface area contributed by atoms with Crippen molar-refractivity contribution in [1.29, 1.82) is 0 Å². The maximum atomic E-state index is 12.2. The lowest BCUT2D eigenvalue weighted by Crippen LogP contribution is -2.51. The van der Waals surface area contributed by atoms with Crippen molar-refractivity contribution in [3.05, 3.63) is 48.8 Å². The summed E-state index contributed by atoms with van der Waals surface area (Å²) in [5, 5.41) is 5.27. The van der Waals surface area contributed by atoms with Crippen LogP contribution in [0.5, 0.6) is 0 Å². The molecule has 1 aliphatic heterocycles. The van der Waals surface area contributed by atoms with Crippen molar-refractivity contribution in [3.8, 4) is 0 Å². The largest absolute Gasteiger partial charge is 0.338 e. The average molecular weight is 340 g/mol. The number of piperazine rings is 1. The first-order chi connectivity index (χ1) is 12.2. The van der Waals surface area contributed by atoms with Crippen molar-refractivity contribution < 1.29 is 9.59 Å². The SMILES string of the molecule is O=C(NCC(=O)N1CCN(c2ncccn2)CC1)Nc1ccccc1. The second-order valence-electron chi connectivity index (χ2n) is 5.59. The van der Waals surface area contributed by atoms with Gasteiger partial charge < -0.3 is 20.4 Å². The third-order valence-electron chi connectivity index (χ3n) is 3.90. The zero-order chi connectivity index (χ0) is 17.5. The Kier molecular flexibility index (Phi) is 5.40. The van der Waals surface area contributed by atoms with Crippen LogP contribution in [0.4, 0.5) is 16.4 Å². The summed E-state index contributed by atoms with van der Waals surface area (Å²) in [6.07, 6.45) is 3.41. The summed E-state index contributed by atoms with van der Waals surface area (Å²) in [5.41, 5.74) is 0.684. The molecule has 3 rings (SSSR count). The van der Waals surface area contributed by atoms with Gasteiger partial charge in [0.15, 0.2) is 0 Å². The maximum Gasteiger partial charge on any atom is 0.319 e. The molecule has 0 unspecified atom stereocenters. The Morgan fingerprint density at radius 1 is 0.960 bits per heavy atom. The second kappa shape index (κ2) is 8.09. The molecule has 1 aromatic carbocycles.